The molecule has 2 heterocycles. The van der Waals surface area contributed by atoms with Gasteiger partial charge in [0, 0.05) is 44.7 Å². The lowest BCUT2D eigenvalue weighted by atomic mass is 10.1. The van der Waals surface area contributed by atoms with Crippen LogP contribution in [0.4, 0.5) is 0 Å². The number of thiophene rings is 1. The van der Waals surface area contributed by atoms with Gasteiger partial charge in [0.15, 0.2) is 5.96 Å². The Morgan fingerprint density at radius 3 is 2.61 bits per heavy atom. The highest BCUT2D eigenvalue weighted by Crippen LogP contribution is 2.25. The average Bonchev–Trinajstić information content (AvgIpc) is 3.33. The molecular weight excluding hydrogens is 523 g/mol. The van der Waals surface area contributed by atoms with Crippen LogP contribution in [-0.4, -0.2) is 63.9 Å². The molecule has 0 bridgehead atoms. The summed E-state index contributed by atoms with van der Waals surface area (Å²) in [6.45, 7) is 7.99. The van der Waals surface area contributed by atoms with E-state index in [1.165, 1.54) is 10.4 Å². The fourth-order valence-electron chi connectivity index (χ4n) is 3.55. The van der Waals surface area contributed by atoms with E-state index in [1.54, 1.807) is 0 Å². The van der Waals surface area contributed by atoms with Crippen molar-refractivity contribution >= 4 is 41.3 Å². The van der Waals surface area contributed by atoms with Gasteiger partial charge in [0.2, 0.25) is 0 Å². The number of benzene rings is 1. The molecule has 1 fully saturated rings. The highest BCUT2D eigenvalue weighted by atomic mass is 127. The first-order valence-corrected chi connectivity index (χ1v) is 11.6. The maximum absolute atomic E-state index is 5.95. The van der Waals surface area contributed by atoms with Gasteiger partial charge in [-0.05, 0) is 30.4 Å². The van der Waals surface area contributed by atoms with Crippen LogP contribution in [0.25, 0.3) is 0 Å². The number of halogens is 1. The number of aliphatic imine (C=N–C) groups is 1. The first-order valence-electron chi connectivity index (χ1n) is 10.7. The zero-order valence-electron chi connectivity index (χ0n) is 18.5. The summed E-state index contributed by atoms with van der Waals surface area (Å²) in [5.41, 5.74) is 1.21. The van der Waals surface area contributed by atoms with Crippen molar-refractivity contribution < 1.29 is 9.47 Å². The molecule has 6 nitrogen and oxygen atoms in total. The Kier molecular flexibility index (Phi) is 12.4. The lowest BCUT2D eigenvalue weighted by molar-refractivity contribution is 0.0177. The Morgan fingerprint density at radius 1 is 1.16 bits per heavy atom. The molecule has 0 saturated carbocycles. The molecule has 0 spiro atoms. The van der Waals surface area contributed by atoms with Crippen molar-refractivity contribution in [3.8, 4) is 0 Å². The van der Waals surface area contributed by atoms with Crippen molar-refractivity contribution in [2.24, 2.45) is 4.99 Å². The molecule has 0 radical (unpaired) electrons. The van der Waals surface area contributed by atoms with Crippen LogP contribution >= 0.6 is 35.3 Å². The van der Waals surface area contributed by atoms with Gasteiger partial charge in [-0.15, -0.1) is 35.3 Å². The molecule has 1 aromatic carbocycles. The summed E-state index contributed by atoms with van der Waals surface area (Å²) in [6, 6.07) is 15.0. The number of rotatable bonds is 10. The molecule has 1 saturated heterocycles. The highest BCUT2D eigenvalue weighted by Gasteiger charge is 2.23. The van der Waals surface area contributed by atoms with Crippen LogP contribution in [0.2, 0.25) is 0 Å². The molecule has 172 valence electrons. The molecule has 1 aliphatic heterocycles. The van der Waals surface area contributed by atoms with Gasteiger partial charge in [-0.3, -0.25) is 9.89 Å². The molecule has 2 unspecified atom stereocenters. The van der Waals surface area contributed by atoms with Crippen molar-refractivity contribution in [2.45, 2.75) is 25.5 Å². The quantitative estimate of drug-likeness (QED) is 0.199. The fourth-order valence-corrected chi connectivity index (χ4v) is 4.41. The van der Waals surface area contributed by atoms with E-state index >= 15 is 0 Å². The second kappa shape index (κ2) is 14.8. The number of hydrogen-bond donors (Lipinski definition) is 2. The number of nitrogens with zero attached hydrogens (tertiary/aromatic N) is 2. The minimum absolute atomic E-state index is 0. The van der Waals surface area contributed by atoms with Crippen LogP contribution in [0.5, 0.6) is 0 Å². The molecule has 0 aliphatic carbocycles. The molecule has 3 rings (SSSR count). The van der Waals surface area contributed by atoms with E-state index in [9.17, 15) is 0 Å². The lowest BCUT2D eigenvalue weighted by Gasteiger charge is -2.34. The van der Waals surface area contributed by atoms with Crippen LogP contribution in [0.1, 0.15) is 35.9 Å². The topological polar surface area (TPSA) is 58.1 Å². The van der Waals surface area contributed by atoms with Gasteiger partial charge in [-0.25, -0.2) is 0 Å². The number of morpholine rings is 1. The highest BCUT2D eigenvalue weighted by molar-refractivity contribution is 14.0. The van der Waals surface area contributed by atoms with Crippen molar-refractivity contribution in [2.75, 3.05) is 53.0 Å². The number of nitrogens with one attached hydrogen (secondary N) is 2. The molecule has 1 aliphatic rings. The van der Waals surface area contributed by atoms with Crippen molar-refractivity contribution in [3.05, 3.63) is 58.3 Å². The van der Waals surface area contributed by atoms with Crippen LogP contribution in [0.3, 0.4) is 0 Å². The van der Waals surface area contributed by atoms with Gasteiger partial charge < -0.3 is 20.1 Å². The third-order valence-electron chi connectivity index (χ3n) is 5.29. The zero-order valence-corrected chi connectivity index (χ0v) is 21.6. The average molecular weight is 559 g/mol. The Hall–Kier alpha value is -1.20. The summed E-state index contributed by atoms with van der Waals surface area (Å²) in [5, 5.41) is 9.05. The van der Waals surface area contributed by atoms with Gasteiger partial charge in [-0.1, -0.05) is 36.4 Å². The Morgan fingerprint density at radius 2 is 1.94 bits per heavy atom. The monoisotopic (exact) mass is 558 g/mol. The minimum Gasteiger partial charge on any atom is -0.379 e. The first kappa shape index (κ1) is 26.1. The second-order valence-electron chi connectivity index (χ2n) is 7.34. The first-order chi connectivity index (χ1) is 14.8. The third kappa shape index (κ3) is 8.69. The molecule has 2 aromatic rings. The van der Waals surface area contributed by atoms with E-state index in [-0.39, 0.29) is 30.1 Å². The van der Waals surface area contributed by atoms with E-state index in [2.05, 4.69) is 57.1 Å². The number of guanidine groups is 1. The SMILES string of the molecule is CN=C(NCCCOC(C)c1ccccc1)NCC(c1cccs1)N1CCOCC1.I. The Balaban J connectivity index is 0.00000341. The van der Waals surface area contributed by atoms with Gasteiger partial charge >= 0.3 is 0 Å². The van der Waals surface area contributed by atoms with Gasteiger partial charge in [0.1, 0.15) is 0 Å². The van der Waals surface area contributed by atoms with Crippen LogP contribution in [0.15, 0.2) is 52.8 Å². The minimum atomic E-state index is 0. The van der Waals surface area contributed by atoms with Gasteiger partial charge in [-0.2, -0.15) is 0 Å². The summed E-state index contributed by atoms with van der Waals surface area (Å²) < 4.78 is 11.5. The molecule has 2 atom stereocenters. The molecule has 0 amide bonds. The van der Waals surface area contributed by atoms with Crippen LogP contribution in [0, 0.1) is 0 Å². The van der Waals surface area contributed by atoms with Crippen molar-refractivity contribution in [3.63, 3.8) is 0 Å². The lowest BCUT2D eigenvalue weighted by Crippen LogP contribution is -2.46. The van der Waals surface area contributed by atoms with E-state index in [0.717, 1.165) is 51.8 Å². The zero-order chi connectivity index (χ0) is 21.0. The van der Waals surface area contributed by atoms with E-state index < -0.39 is 0 Å². The Bertz CT molecular complexity index is 739. The van der Waals surface area contributed by atoms with E-state index in [4.69, 9.17) is 9.47 Å². The molecular formula is C23H35IN4O2S. The summed E-state index contributed by atoms with van der Waals surface area (Å²) in [6.07, 6.45) is 1.04. The maximum atomic E-state index is 5.95. The predicted molar refractivity (Wildman–Crippen MR) is 140 cm³/mol. The summed E-state index contributed by atoms with van der Waals surface area (Å²) in [7, 11) is 1.82. The van der Waals surface area contributed by atoms with Crippen molar-refractivity contribution in [1.29, 1.82) is 0 Å². The smallest absolute Gasteiger partial charge is 0.191 e. The predicted octanol–water partition coefficient (Wildman–Crippen LogP) is 4.07. The van der Waals surface area contributed by atoms with Crippen LogP contribution < -0.4 is 10.6 Å². The number of ether oxygens (including phenoxy) is 2. The van der Waals surface area contributed by atoms with E-state index in [0.29, 0.717) is 12.6 Å². The molecule has 2 N–H and O–H groups in total. The standard InChI is InChI=1S/C23H34N4O2S.HI/c1-19(20-8-4-3-5-9-20)29-14-7-11-25-23(24-2)26-18-21(22-10-6-17-30-22)27-12-15-28-16-13-27;/h3-6,8-10,17,19,21H,7,11-16,18H2,1-2H3,(H2,24,25,26);1H. The van der Waals surface area contributed by atoms with Gasteiger partial charge in [0.05, 0.1) is 25.4 Å². The van der Waals surface area contributed by atoms with Crippen molar-refractivity contribution in [1.82, 2.24) is 15.5 Å². The number of hydrogen-bond acceptors (Lipinski definition) is 5. The summed E-state index contributed by atoms with van der Waals surface area (Å²) in [4.78, 5) is 8.25. The normalized spacial score (nSPS) is 16.9. The largest absolute Gasteiger partial charge is 0.379 e. The second-order valence-corrected chi connectivity index (χ2v) is 8.32. The molecule has 8 heteroatoms. The summed E-state index contributed by atoms with van der Waals surface area (Å²) >= 11 is 1.81. The van der Waals surface area contributed by atoms with Crippen LogP contribution in [-0.2, 0) is 9.47 Å². The third-order valence-corrected chi connectivity index (χ3v) is 6.27. The summed E-state index contributed by atoms with van der Waals surface area (Å²) in [5.74, 6) is 0.834. The fraction of sp³-hybridized carbons (Fsp3) is 0.522. The van der Waals surface area contributed by atoms with E-state index in [1.807, 2.05) is 36.6 Å². The Labute approximate surface area is 207 Å². The maximum Gasteiger partial charge on any atom is 0.191 e. The van der Waals surface area contributed by atoms with Gasteiger partial charge in [0.25, 0.3) is 0 Å². The molecule has 31 heavy (non-hydrogen) atoms. The molecule has 1 aromatic heterocycles.